The molecule has 2 aromatic carbocycles. The summed E-state index contributed by atoms with van der Waals surface area (Å²) in [7, 11) is 0. The molecule has 2 rings (SSSR count). The minimum atomic E-state index is -0.978. The third-order valence-electron chi connectivity index (χ3n) is 2.97. The Balaban J connectivity index is 1.87. The van der Waals surface area contributed by atoms with Gasteiger partial charge >= 0.3 is 5.97 Å². The van der Waals surface area contributed by atoms with Crippen molar-refractivity contribution in [3.8, 4) is 0 Å². The Labute approximate surface area is 143 Å². The lowest BCUT2D eigenvalue weighted by molar-refractivity contribution is 0.0696. The van der Waals surface area contributed by atoms with Crippen molar-refractivity contribution in [2.24, 2.45) is 0 Å². The molecule has 0 aliphatic carbocycles. The summed E-state index contributed by atoms with van der Waals surface area (Å²) in [6.45, 7) is 0.370. The van der Waals surface area contributed by atoms with Crippen LogP contribution in [0.3, 0.4) is 0 Å². The van der Waals surface area contributed by atoms with E-state index in [1.54, 1.807) is 36.4 Å². The van der Waals surface area contributed by atoms with Gasteiger partial charge in [0.2, 0.25) is 0 Å². The van der Waals surface area contributed by atoms with Gasteiger partial charge in [0.05, 0.1) is 5.56 Å². The fourth-order valence-corrected chi connectivity index (χ4v) is 2.15. The Kier molecular flexibility index (Phi) is 5.67. The molecule has 0 aliphatic heterocycles. The monoisotopic (exact) mass is 348 g/mol. The summed E-state index contributed by atoms with van der Waals surface area (Å²) < 4.78 is 0. The molecule has 0 aliphatic rings. The number of carboxylic acids is 1. The number of amides is 1. The number of aromatic carboxylic acids is 1. The van der Waals surface area contributed by atoms with E-state index in [9.17, 15) is 9.59 Å². The van der Waals surface area contributed by atoms with Crippen LogP contribution in [-0.2, 0) is 6.54 Å². The molecule has 7 heteroatoms. The first-order valence-corrected chi connectivity index (χ1v) is 7.41. The molecule has 0 heterocycles. The lowest BCUT2D eigenvalue weighted by atomic mass is 10.1. The lowest BCUT2D eigenvalue weighted by Crippen LogP contribution is -2.38. The van der Waals surface area contributed by atoms with Gasteiger partial charge in [-0.2, -0.15) is 0 Å². The Bertz CT molecular complexity index is 747. The Morgan fingerprint density at radius 2 is 1.78 bits per heavy atom. The molecule has 2 aromatic rings. The number of carbonyl (C=O) groups is 2. The van der Waals surface area contributed by atoms with Crippen molar-refractivity contribution < 1.29 is 14.7 Å². The van der Waals surface area contributed by atoms with Crippen LogP contribution in [0.15, 0.2) is 48.5 Å². The zero-order valence-electron chi connectivity index (χ0n) is 11.9. The van der Waals surface area contributed by atoms with Gasteiger partial charge in [-0.1, -0.05) is 29.8 Å². The zero-order chi connectivity index (χ0) is 16.8. The first kappa shape index (κ1) is 16.9. The molecular formula is C16H13ClN2O3S. The molecule has 0 spiro atoms. The molecule has 5 nitrogen and oxygen atoms in total. The van der Waals surface area contributed by atoms with Crippen molar-refractivity contribution in [2.75, 3.05) is 0 Å². The van der Waals surface area contributed by atoms with E-state index in [-0.39, 0.29) is 16.6 Å². The average molecular weight is 349 g/mol. The quantitative estimate of drug-likeness (QED) is 0.740. The largest absolute Gasteiger partial charge is 0.478 e. The van der Waals surface area contributed by atoms with Crippen LogP contribution in [0.1, 0.15) is 26.3 Å². The molecule has 3 N–H and O–H groups in total. The highest BCUT2D eigenvalue weighted by atomic mass is 35.5. The van der Waals surface area contributed by atoms with Gasteiger partial charge in [-0.25, -0.2) is 4.79 Å². The van der Waals surface area contributed by atoms with Gasteiger partial charge in [0.25, 0.3) is 5.91 Å². The highest BCUT2D eigenvalue weighted by Crippen LogP contribution is 2.10. The number of benzene rings is 2. The number of hydrogen-bond donors (Lipinski definition) is 3. The molecule has 118 valence electrons. The third kappa shape index (κ3) is 5.05. The summed E-state index contributed by atoms with van der Waals surface area (Å²) in [5.74, 6) is -1.33. The Morgan fingerprint density at radius 3 is 2.39 bits per heavy atom. The molecule has 0 radical (unpaired) electrons. The topological polar surface area (TPSA) is 78.4 Å². The number of carbonyl (C=O) groups excluding carboxylic acids is 1. The number of nitrogens with one attached hydrogen (secondary N) is 2. The number of carboxylic acid groups (broad SMARTS) is 1. The van der Waals surface area contributed by atoms with Crippen molar-refractivity contribution >= 4 is 40.8 Å². The van der Waals surface area contributed by atoms with Gasteiger partial charge < -0.3 is 10.4 Å². The van der Waals surface area contributed by atoms with Crippen LogP contribution in [0.25, 0.3) is 0 Å². The fourth-order valence-electron chi connectivity index (χ4n) is 1.80. The molecule has 0 unspecified atom stereocenters. The zero-order valence-corrected chi connectivity index (χ0v) is 13.4. The molecule has 0 atom stereocenters. The maximum absolute atomic E-state index is 12.0. The number of halogens is 1. The fraction of sp³-hybridized carbons (Fsp3) is 0.0625. The minimum Gasteiger partial charge on any atom is -0.478 e. The number of rotatable bonds is 4. The van der Waals surface area contributed by atoms with Crippen molar-refractivity contribution in [2.45, 2.75) is 6.54 Å². The predicted octanol–water partition coefficient (Wildman–Crippen LogP) is 2.84. The van der Waals surface area contributed by atoms with E-state index in [4.69, 9.17) is 28.9 Å². The van der Waals surface area contributed by atoms with Crippen LogP contribution in [0.5, 0.6) is 0 Å². The molecule has 0 saturated heterocycles. The highest BCUT2D eigenvalue weighted by Gasteiger charge is 2.08. The van der Waals surface area contributed by atoms with Gasteiger partial charge in [0.15, 0.2) is 5.11 Å². The van der Waals surface area contributed by atoms with E-state index in [1.807, 2.05) is 0 Å². The van der Waals surface area contributed by atoms with Crippen LogP contribution in [0, 0.1) is 0 Å². The standard InChI is InChI=1S/C16H13ClN2O3S/c17-13-3-1-2-12(8-13)14(20)19-16(23)18-9-10-4-6-11(7-5-10)15(21)22/h1-8H,9H2,(H,21,22)(H2,18,19,20,23). The maximum Gasteiger partial charge on any atom is 0.335 e. The normalized spacial score (nSPS) is 9.96. The van der Waals surface area contributed by atoms with Crippen molar-refractivity contribution in [3.63, 3.8) is 0 Å². The van der Waals surface area contributed by atoms with Crippen LogP contribution in [-0.4, -0.2) is 22.1 Å². The Morgan fingerprint density at radius 1 is 1.09 bits per heavy atom. The summed E-state index contributed by atoms with van der Waals surface area (Å²) in [6.07, 6.45) is 0. The second-order valence-corrected chi connectivity index (χ2v) is 5.49. The first-order valence-electron chi connectivity index (χ1n) is 6.62. The maximum atomic E-state index is 12.0. The smallest absolute Gasteiger partial charge is 0.335 e. The molecule has 23 heavy (non-hydrogen) atoms. The SMILES string of the molecule is O=C(O)c1ccc(CNC(=S)NC(=O)c2cccc(Cl)c2)cc1. The van der Waals surface area contributed by atoms with Crippen molar-refractivity contribution in [1.82, 2.24) is 10.6 Å². The molecule has 0 saturated carbocycles. The van der Waals surface area contributed by atoms with Gasteiger partial charge in [-0.15, -0.1) is 0 Å². The highest BCUT2D eigenvalue weighted by molar-refractivity contribution is 7.80. The van der Waals surface area contributed by atoms with E-state index in [1.165, 1.54) is 12.1 Å². The minimum absolute atomic E-state index is 0.178. The summed E-state index contributed by atoms with van der Waals surface area (Å²) >= 11 is 10.9. The van der Waals surface area contributed by atoms with E-state index in [0.717, 1.165) is 5.56 Å². The van der Waals surface area contributed by atoms with Gasteiger partial charge in [0.1, 0.15) is 0 Å². The number of hydrogen-bond acceptors (Lipinski definition) is 3. The van der Waals surface area contributed by atoms with Gasteiger partial charge in [0, 0.05) is 17.1 Å². The third-order valence-corrected chi connectivity index (χ3v) is 3.45. The van der Waals surface area contributed by atoms with Crippen molar-refractivity contribution in [1.29, 1.82) is 0 Å². The van der Waals surface area contributed by atoms with Crippen LogP contribution in [0.2, 0.25) is 5.02 Å². The Hall–Kier alpha value is -2.44. The van der Waals surface area contributed by atoms with Crippen LogP contribution in [0.4, 0.5) is 0 Å². The molecule has 1 amide bonds. The second kappa shape index (κ2) is 7.71. The average Bonchev–Trinajstić information content (AvgIpc) is 2.53. The molecule has 0 bridgehead atoms. The van der Waals surface area contributed by atoms with E-state index >= 15 is 0 Å². The summed E-state index contributed by atoms with van der Waals surface area (Å²) in [5.41, 5.74) is 1.47. The molecular weight excluding hydrogens is 336 g/mol. The van der Waals surface area contributed by atoms with E-state index in [2.05, 4.69) is 10.6 Å². The van der Waals surface area contributed by atoms with E-state index < -0.39 is 5.97 Å². The van der Waals surface area contributed by atoms with Crippen molar-refractivity contribution in [3.05, 3.63) is 70.2 Å². The summed E-state index contributed by atoms with van der Waals surface area (Å²) in [6, 6.07) is 12.9. The first-order chi connectivity index (χ1) is 11.0. The molecule has 0 fully saturated rings. The van der Waals surface area contributed by atoms with Gasteiger partial charge in [-0.3, -0.25) is 10.1 Å². The second-order valence-electron chi connectivity index (χ2n) is 4.65. The molecule has 0 aromatic heterocycles. The summed E-state index contributed by atoms with van der Waals surface area (Å²) in [5, 5.41) is 14.9. The predicted molar refractivity (Wildman–Crippen MR) is 91.8 cm³/mol. The summed E-state index contributed by atoms with van der Waals surface area (Å²) in [4.78, 5) is 22.7. The lowest BCUT2D eigenvalue weighted by Gasteiger charge is -2.10. The van der Waals surface area contributed by atoms with Crippen LogP contribution < -0.4 is 10.6 Å². The van der Waals surface area contributed by atoms with Gasteiger partial charge in [-0.05, 0) is 48.1 Å². The number of thiocarbonyl (C=S) groups is 1. The van der Waals surface area contributed by atoms with Crippen LogP contribution >= 0.6 is 23.8 Å². The van der Waals surface area contributed by atoms with E-state index in [0.29, 0.717) is 17.1 Å².